The van der Waals surface area contributed by atoms with E-state index in [0.717, 1.165) is 45.6 Å². The average Bonchev–Trinajstić information content (AvgIpc) is 4.09. The number of H-pyrrole nitrogens is 2. The molecular formula is C56H50N4O10. The molecule has 0 atom stereocenters. The van der Waals surface area contributed by atoms with Crippen LogP contribution in [0, 0.1) is 0 Å². The number of aromatic amines is 2. The van der Waals surface area contributed by atoms with Crippen molar-refractivity contribution in [3.8, 4) is 39.5 Å². The lowest BCUT2D eigenvalue weighted by atomic mass is 9.91. The lowest BCUT2D eigenvalue weighted by Crippen LogP contribution is -2.13. The van der Waals surface area contributed by atoms with Crippen LogP contribution in [0.5, 0.6) is 17.2 Å². The van der Waals surface area contributed by atoms with Crippen LogP contribution in [0.15, 0.2) is 78.9 Å². The molecule has 0 spiro atoms. The number of rotatable bonds is 14. The Morgan fingerprint density at radius 2 is 1.11 bits per heavy atom. The summed E-state index contributed by atoms with van der Waals surface area (Å²) in [5.41, 5.74) is 12.5. The second-order valence-electron chi connectivity index (χ2n) is 17.7. The van der Waals surface area contributed by atoms with E-state index >= 15 is 0 Å². The normalized spacial score (nSPS) is 15.8. The van der Waals surface area contributed by atoms with E-state index in [1.165, 1.54) is 0 Å². The van der Waals surface area contributed by atoms with Crippen LogP contribution in [0.25, 0.3) is 45.6 Å². The largest absolute Gasteiger partial charge is 0.493 e. The number of anilines is 2. The van der Waals surface area contributed by atoms with E-state index in [1.54, 1.807) is 45.4 Å². The van der Waals surface area contributed by atoms with E-state index in [9.17, 15) is 28.8 Å². The molecule has 2 aliphatic heterocycles. The SMILES string of the molecule is CCOC(=O)CCc1c(/C=C2\C(=O)Nc3cc(-c4ccc(OC(=O)CCc5c(/C=C6\C(=O)Nc7ccc(-c8ccc(OC)c(OC)c8)cc76)[nH]c6c5C(=O)CCC6)cc4)ccc32)[nH]c2c1C(=O)CCC2. The van der Waals surface area contributed by atoms with Gasteiger partial charge in [0.2, 0.25) is 0 Å². The molecule has 4 aromatic carbocycles. The number of methoxy groups -OCH3 is 2. The van der Waals surface area contributed by atoms with Crippen molar-refractivity contribution < 1.29 is 47.7 Å². The molecule has 0 saturated heterocycles. The van der Waals surface area contributed by atoms with Gasteiger partial charge in [-0.15, -0.1) is 0 Å². The molecule has 14 heteroatoms. The first-order chi connectivity index (χ1) is 34.0. The van der Waals surface area contributed by atoms with E-state index in [0.29, 0.717) is 117 Å². The van der Waals surface area contributed by atoms with Gasteiger partial charge in [-0.2, -0.15) is 0 Å². The fourth-order valence-corrected chi connectivity index (χ4v) is 10.1. The molecule has 14 nitrogen and oxygen atoms in total. The predicted molar refractivity (Wildman–Crippen MR) is 265 cm³/mol. The fourth-order valence-electron chi connectivity index (χ4n) is 10.1. The molecule has 10 rings (SSSR count). The predicted octanol–water partition coefficient (Wildman–Crippen LogP) is 9.75. The first-order valence-corrected chi connectivity index (χ1v) is 23.6. The van der Waals surface area contributed by atoms with Gasteiger partial charge < -0.3 is 39.5 Å². The number of amides is 2. The minimum absolute atomic E-state index is 0.0000117. The van der Waals surface area contributed by atoms with Crippen LogP contribution in [-0.2, 0) is 49.6 Å². The lowest BCUT2D eigenvalue weighted by molar-refractivity contribution is -0.143. The second kappa shape index (κ2) is 19.0. The van der Waals surface area contributed by atoms with Crippen LogP contribution >= 0.6 is 0 Å². The fraction of sp³-hybridized carbons (Fsp3) is 0.250. The third-order valence-corrected chi connectivity index (χ3v) is 13.4. The van der Waals surface area contributed by atoms with Gasteiger partial charge in [-0.1, -0.05) is 36.4 Å². The first-order valence-electron chi connectivity index (χ1n) is 23.6. The second-order valence-corrected chi connectivity index (χ2v) is 17.7. The van der Waals surface area contributed by atoms with Gasteiger partial charge in [0.25, 0.3) is 11.8 Å². The van der Waals surface area contributed by atoms with Gasteiger partial charge in [0, 0.05) is 75.7 Å². The topological polar surface area (TPSA) is 195 Å². The molecule has 354 valence electrons. The van der Waals surface area contributed by atoms with Crippen LogP contribution in [0.3, 0.4) is 0 Å². The summed E-state index contributed by atoms with van der Waals surface area (Å²) < 4.78 is 21.9. The van der Waals surface area contributed by atoms with E-state index in [1.807, 2.05) is 66.7 Å². The Balaban J connectivity index is 0.844. The molecule has 0 saturated carbocycles. The molecule has 6 aromatic rings. The lowest BCUT2D eigenvalue weighted by Gasteiger charge is -2.12. The monoisotopic (exact) mass is 938 g/mol. The zero-order valence-corrected chi connectivity index (χ0v) is 39.0. The van der Waals surface area contributed by atoms with Gasteiger partial charge in [0.05, 0.1) is 38.4 Å². The number of Topliss-reactive ketones (excluding diaryl/α,β-unsaturated/α-hetero) is 2. The third kappa shape index (κ3) is 8.72. The molecule has 0 bridgehead atoms. The smallest absolute Gasteiger partial charge is 0.311 e. The number of hydrogen-bond acceptors (Lipinski definition) is 10. The highest BCUT2D eigenvalue weighted by Crippen LogP contribution is 2.41. The van der Waals surface area contributed by atoms with E-state index in [4.69, 9.17) is 18.9 Å². The summed E-state index contributed by atoms with van der Waals surface area (Å²) in [5.74, 6) is 0.177. The number of carbonyl (C=O) groups is 6. The highest BCUT2D eigenvalue weighted by atomic mass is 16.5. The average molecular weight is 939 g/mol. The van der Waals surface area contributed by atoms with Gasteiger partial charge >= 0.3 is 11.9 Å². The van der Waals surface area contributed by atoms with E-state index in [-0.39, 0.29) is 55.2 Å². The molecule has 70 heavy (non-hydrogen) atoms. The van der Waals surface area contributed by atoms with Crippen LogP contribution in [0.1, 0.15) is 111 Å². The Labute approximate surface area is 403 Å². The number of fused-ring (bicyclic) bond motifs is 4. The summed E-state index contributed by atoms with van der Waals surface area (Å²) in [6.45, 7) is 2.02. The number of carbonyl (C=O) groups excluding carboxylic acids is 6. The highest BCUT2D eigenvalue weighted by molar-refractivity contribution is 6.36. The van der Waals surface area contributed by atoms with Crippen LogP contribution in [0.2, 0.25) is 0 Å². The zero-order chi connectivity index (χ0) is 48.6. The molecule has 2 aromatic heterocycles. The minimum atomic E-state index is -0.482. The Morgan fingerprint density at radius 3 is 1.74 bits per heavy atom. The van der Waals surface area contributed by atoms with E-state index in [2.05, 4.69) is 20.6 Å². The van der Waals surface area contributed by atoms with Crippen molar-refractivity contribution in [2.75, 3.05) is 31.5 Å². The molecule has 2 aliphatic carbocycles. The number of aromatic nitrogens is 2. The highest BCUT2D eigenvalue weighted by Gasteiger charge is 2.31. The quantitative estimate of drug-likeness (QED) is 0.0464. The molecular weight excluding hydrogens is 889 g/mol. The van der Waals surface area contributed by atoms with Gasteiger partial charge in [-0.25, -0.2) is 0 Å². The molecule has 4 N–H and O–H groups in total. The standard InChI is InChI=1S/C56H50N4O10/c1-4-69-51(63)23-19-36-45(57-42-7-5-9-47(61)53(36)42)28-39-35-18-13-32(26-44(35)60-55(39)65)30-11-16-34(17-12-30)70-52(64)24-20-37-46(58-43-8-6-10-48(62)54(37)43)29-40-38-25-31(14-21-41(38)59-56(40)66)33-15-22-49(67-2)50(27-33)68-3/h11-18,21-22,25-29,57-58H,4-10,19-20,23-24H2,1-3H3,(H,59,66)(H,60,65)/b39-28-,40-29-. The summed E-state index contributed by atoms with van der Waals surface area (Å²) in [7, 11) is 3.16. The van der Waals surface area contributed by atoms with Gasteiger partial charge in [0.15, 0.2) is 23.1 Å². The maximum Gasteiger partial charge on any atom is 0.311 e. The minimum Gasteiger partial charge on any atom is -0.493 e. The van der Waals surface area contributed by atoms with Gasteiger partial charge in [-0.3, -0.25) is 28.8 Å². The Kier molecular flexibility index (Phi) is 12.4. The molecule has 0 fully saturated rings. The Morgan fingerprint density at radius 1 is 0.571 bits per heavy atom. The molecule has 0 unspecified atom stereocenters. The summed E-state index contributed by atoms with van der Waals surface area (Å²) in [6.07, 6.45) is 7.83. The number of aryl methyl sites for hydroxylation is 2. The summed E-state index contributed by atoms with van der Waals surface area (Å²) in [6, 6.07) is 24.1. The maximum atomic E-state index is 13.5. The van der Waals surface area contributed by atoms with Crippen molar-refractivity contribution >= 4 is 70.0 Å². The molecule has 0 radical (unpaired) electrons. The molecule has 4 aliphatic rings. The maximum absolute atomic E-state index is 13.5. The van der Waals surface area contributed by atoms with Crippen molar-refractivity contribution in [2.24, 2.45) is 0 Å². The third-order valence-electron chi connectivity index (χ3n) is 13.4. The van der Waals surface area contributed by atoms with Gasteiger partial charge in [0.1, 0.15) is 5.75 Å². The van der Waals surface area contributed by atoms with Crippen LogP contribution in [-0.4, -0.2) is 66.1 Å². The zero-order valence-electron chi connectivity index (χ0n) is 39.0. The van der Waals surface area contributed by atoms with Crippen molar-refractivity contribution in [2.45, 2.75) is 71.1 Å². The molecule has 2 amide bonds. The Bertz CT molecular complexity index is 3240. The number of nitrogens with one attached hydrogen (secondary N) is 4. The van der Waals surface area contributed by atoms with Crippen molar-refractivity contribution in [3.63, 3.8) is 0 Å². The van der Waals surface area contributed by atoms with Crippen LogP contribution in [0.4, 0.5) is 11.4 Å². The number of benzene rings is 4. The number of ether oxygens (including phenoxy) is 4. The number of esters is 2. The van der Waals surface area contributed by atoms with Crippen LogP contribution < -0.4 is 24.8 Å². The first kappa shape index (κ1) is 45.5. The molecule has 4 heterocycles. The number of hydrogen-bond donors (Lipinski definition) is 4. The Hall–Kier alpha value is -8.26. The van der Waals surface area contributed by atoms with Crippen molar-refractivity contribution in [1.82, 2.24) is 9.97 Å². The van der Waals surface area contributed by atoms with Gasteiger partial charge in [-0.05, 0) is 133 Å². The summed E-state index contributed by atoms with van der Waals surface area (Å²) >= 11 is 0. The summed E-state index contributed by atoms with van der Waals surface area (Å²) in [4.78, 5) is 85.9. The number of ketones is 2. The summed E-state index contributed by atoms with van der Waals surface area (Å²) in [5, 5.41) is 5.94. The van der Waals surface area contributed by atoms with Crippen molar-refractivity contribution in [1.29, 1.82) is 0 Å². The van der Waals surface area contributed by atoms with E-state index < -0.39 is 5.97 Å². The van der Waals surface area contributed by atoms with Crippen molar-refractivity contribution in [3.05, 3.63) is 135 Å².